The van der Waals surface area contributed by atoms with Crippen molar-refractivity contribution in [2.75, 3.05) is 13.6 Å². The summed E-state index contributed by atoms with van der Waals surface area (Å²) in [5, 5.41) is 0. The second kappa shape index (κ2) is 4.11. The van der Waals surface area contributed by atoms with Gasteiger partial charge in [0.1, 0.15) is 0 Å². The Morgan fingerprint density at radius 1 is 1.24 bits per heavy atom. The van der Waals surface area contributed by atoms with Gasteiger partial charge in [-0.05, 0) is 53.6 Å². The van der Waals surface area contributed by atoms with Crippen molar-refractivity contribution in [2.45, 2.75) is 58.3 Å². The normalized spacial score (nSPS) is 32.7. The number of hydrogen-bond acceptors (Lipinski definition) is 3. The van der Waals surface area contributed by atoms with E-state index in [1.165, 1.54) is 5.47 Å². The summed E-state index contributed by atoms with van der Waals surface area (Å²) in [5.74, 6) is 0. The highest BCUT2D eigenvalue weighted by atomic mass is 16.7. The van der Waals surface area contributed by atoms with Crippen LogP contribution < -0.4 is 0 Å². The van der Waals surface area contributed by atoms with E-state index in [-0.39, 0.29) is 18.3 Å². The van der Waals surface area contributed by atoms with Gasteiger partial charge in [0, 0.05) is 12.6 Å². The third kappa shape index (κ3) is 2.31. The van der Waals surface area contributed by atoms with Crippen LogP contribution in [-0.4, -0.2) is 42.9 Å². The van der Waals surface area contributed by atoms with Crippen molar-refractivity contribution in [1.82, 2.24) is 4.90 Å². The first-order valence-electron chi connectivity index (χ1n) is 6.49. The molecular weight excluding hydrogens is 213 g/mol. The SMILES string of the molecule is C[C@H]1C=C(B2OC(C)(C)C(C)(C)O2)CCN1C. The van der Waals surface area contributed by atoms with Crippen LogP contribution in [0.25, 0.3) is 0 Å². The van der Waals surface area contributed by atoms with Crippen LogP contribution in [0, 0.1) is 0 Å². The monoisotopic (exact) mass is 237 g/mol. The maximum atomic E-state index is 6.08. The minimum Gasteiger partial charge on any atom is -0.400 e. The van der Waals surface area contributed by atoms with Gasteiger partial charge in [0.25, 0.3) is 0 Å². The van der Waals surface area contributed by atoms with E-state index in [9.17, 15) is 0 Å². The zero-order valence-electron chi connectivity index (χ0n) is 11.9. The molecule has 0 aliphatic carbocycles. The Balaban J connectivity index is 2.14. The molecule has 2 aliphatic rings. The average Bonchev–Trinajstić information content (AvgIpc) is 2.41. The molecule has 0 aromatic rings. The zero-order valence-corrected chi connectivity index (χ0v) is 11.9. The molecule has 4 heteroatoms. The van der Waals surface area contributed by atoms with Crippen molar-refractivity contribution in [3.8, 4) is 0 Å². The van der Waals surface area contributed by atoms with Gasteiger partial charge in [-0.2, -0.15) is 0 Å². The fraction of sp³-hybridized carbons (Fsp3) is 0.846. The Morgan fingerprint density at radius 3 is 2.24 bits per heavy atom. The van der Waals surface area contributed by atoms with E-state index < -0.39 is 0 Å². The second-order valence-electron chi connectivity index (χ2n) is 6.30. The molecule has 2 rings (SSSR count). The Kier molecular flexibility index (Phi) is 3.17. The summed E-state index contributed by atoms with van der Waals surface area (Å²) >= 11 is 0. The molecule has 0 saturated carbocycles. The minimum absolute atomic E-state index is 0.156. The topological polar surface area (TPSA) is 21.7 Å². The number of hydrogen-bond donors (Lipinski definition) is 0. The van der Waals surface area contributed by atoms with Crippen LogP contribution in [0.3, 0.4) is 0 Å². The lowest BCUT2D eigenvalue weighted by Crippen LogP contribution is -2.41. The van der Waals surface area contributed by atoms with Crippen LogP contribution in [0.15, 0.2) is 11.5 Å². The lowest BCUT2D eigenvalue weighted by Gasteiger charge is -2.32. The van der Waals surface area contributed by atoms with Crippen molar-refractivity contribution in [3.63, 3.8) is 0 Å². The molecule has 2 heterocycles. The first-order chi connectivity index (χ1) is 7.73. The van der Waals surface area contributed by atoms with Gasteiger partial charge in [-0.25, -0.2) is 0 Å². The first-order valence-corrected chi connectivity index (χ1v) is 6.49. The van der Waals surface area contributed by atoms with E-state index in [1.54, 1.807) is 0 Å². The van der Waals surface area contributed by atoms with Gasteiger partial charge in [0.2, 0.25) is 0 Å². The predicted molar refractivity (Wildman–Crippen MR) is 70.9 cm³/mol. The fourth-order valence-corrected chi connectivity index (χ4v) is 2.22. The summed E-state index contributed by atoms with van der Waals surface area (Å²) < 4.78 is 12.2. The first kappa shape index (κ1) is 13.1. The summed E-state index contributed by atoms with van der Waals surface area (Å²) in [7, 11) is 2.00. The molecule has 0 amide bonds. The van der Waals surface area contributed by atoms with Crippen LogP contribution in [-0.2, 0) is 9.31 Å². The second-order valence-corrected chi connectivity index (χ2v) is 6.30. The van der Waals surface area contributed by atoms with E-state index in [2.05, 4.69) is 52.6 Å². The highest BCUT2D eigenvalue weighted by Crippen LogP contribution is 2.39. The predicted octanol–water partition coefficient (Wildman–Crippen LogP) is 2.27. The van der Waals surface area contributed by atoms with Gasteiger partial charge < -0.3 is 9.31 Å². The molecule has 1 fully saturated rings. The van der Waals surface area contributed by atoms with Gasteiger partial charge in [0.05, 0.1) is 11.2 Å². The Bertz CT molecular complexity index is 322. The Labute approximate surface area is 105 Å². The van der Waals surface area contributed by atoms with E-state index in [0.717, 1.165) is 13.0 Å². The molecule has 0 N–H and O–H groups in total. The summed E-state index contributed by atoms with van der Waals surface area (Å²) in [6, 6.07) is 0.470. The molecule has 0 unspecified atom stereocenters. The summed E-state index contributed by atoms with van der Waals surface area (Å²) in [4.78, 5) is 2.34. The molecule has 1 saturated heterocycles. The van der Waals surface area contributed by atoms with Crippen LogP contribution >= 0.6 is 0 Å². The molecule has 3 nitrogen and oxygen atoms in total. The van der Waals surface area contributed by atoms with Crippen LogP contribution in [0.5, 0.6) is 0 Å². The fourth-order valence-electron chi connectivity index (χ4n) is 2.22. The molecular formula is C13H24BNO2. The van der Waals surface area contributed by atoms with Gasteiger partial charge in [0.15, 0.2) is 0 Å². The third-order valence-electron chi connectivity index (χ3n) is 4.46. The quantitative estimate of drug-likeness (QED) is 0.653. The molecule has 0 bridgehead atoms. The molecule has 0 spiro atoms. The van der Waals surface area contributed by atoms with Gasteiger partial charge in [-0.3, -0.25) is 4.90 Å². The average molecular weight is 237 g/mol. The van der Waals surface area contributed by atoms with E-state index in [1.807, 2.05) is 0 Å². The van der Waals surface area contributed by atoms with Gasteiger partial charge in [-0.1, -0.05) is 6.08 Å². The molecule has 96 valence electrons. The Morgan fingerprint density at radius 2 is 1.76 bits per heavy atom. The van der Waals surface area contributed by atoms with Crippen LogP contribution in [0.1, 0.15) is 41.0 Å². The van der Waals surface area contributed by atoms with Crippen molar-refractivity contribution in [2.24, 2.45) is 0 Å². The van der Waals surface area contributed by atoms with Crippen LogP contribution in [0.2, 0.25) is 0 Å². The highest BCUT2D eigenvalue weighted by Gasteiger charge is 2.52. The van der Waals surface area contributed by atoms with Crippen molar-refractivity contribution >= 4 is 7.12 Å². The van der Waals surface area contributed by atoms with Gasteiger partial charge >= 0.3 is 7.12 Å². The smallest absolute Gasteiger partial charge is 0.400 e. The molecule has 0 aromatic heterocycles. The van der Waals surface area contributed by atoms with Crippen molar-refractivity contribution in [1.29, 1.82) is 0 Å². The number of likely N-dealkylation sites (N-methyl/N-ethyl adjacent to an activating group) is 1. The number of nitrogens with zero attached hydrogens (tertiary/aromatic N) is 1. The van der Waals surface area contributed by atoms with E-state index in [4.69, 9.17) is 9.31 Å². The van der Waals surface area contributed by atoms with E-state index >= 15 is 0 Å². The molecule has 2 aliphatic heterocycles. The van der Waals surface area contributed by atoms with Gasteiger partial charge in [-0.15, -0.1) is 0 Å². The zero-order chi connectivity index (χ0) is 12.8. The largest absolute Gasteiger partial charge is 0.490 e. The lowest BCUT2D eigenvalue weighted by atomic mass is 9.74. The number of rotatable bonds is 1. The van der Waals surface area contributed by atoms with Crippen molar-refractivity contribution in [3.05, 3.63) is 11.5 Å². The highest BCUT2D eigenvalue weighted by molar-refractivity contribution is 6.54. The Hall–Kier alpha value is -0.315. The summed E-state index contributed by atoms with van der Waals surface area (Å²) in [6.07, 6.45) is 3.32. The summed E-state index contributed by atoms with van der Waals surface area (Å²) in [6.45, 7) is 11.7. The lowest BCUT2D eigenvalue weighted by molar-refractivity contribution is 0.00578. The molecule has 0 radical (unpaired) electrons. The maximum absolute atomic E-state index is 6.08. The van der Waals surface area contributed by atoms with Crippen molar-refractivity contribution < 1.29 is 9.31 Å². The minimum atomic E-state index is -0.231. The molecule has 17 heavy (non-hydrogen) atoms. The maximum Gasteiger partial charge on any atom is 0.490 e. The van der Waals surface area contributed by atoms with E-state index in [0.29, 0.717) is 6.04 Å². The summed E-state index contributed by atoms with van der Waals surface area (Å²) in [5.41, 5.74) is 0.838. The molecule has 1 atom stereocenters. The van der Waals surface area contributed by atoms with Crippen LogP contribution in [0.4, 0.5) is 0 Å². The standard InChI is InChI=1S/C13H24BNO2/c1-10-9-11(7-8-15(10)6)14-16-12(2,3)13(4,5)17-14/h9-10H,7-8H2,1-6H3/t10-/m0/s1. The third-order valence-corrected chi connectivity index (χ3v) is 4.46. The molecule has 0 aromatic carbocycles.